The van der Waals surface area contributed by atoms with E-state index in [1.807, 2.05) is 13.8 Å². The van der Waals surface area contributed by atoms with Crippen molar-refractivity contribution in [2.75, 3.05) is 26.2 Å². The minimum atomic E-state index is -0.329. The number of nitrogens with one attached hydrogen (secondary N) is 1. The van der Waals surface area contributed by atoms with E-state index in [1.165, 1.54) is 0 Å². The number of nitrogens with zero attached hydrogens (tertiary/aromatic N) is 1. The summed E-state index contributed by atoms with van der Waals surface area (Å²) in [4.78, 5) is 25.9. The Balaban J connectivity index is 2.70. The van der Waals surface area contributed by atoms with Gasteiger partial charge in [0.1, 0.15) is 6.54 Å². The van der Waals surface area contributed by atoms with E-state index in [1.54, 1.807) is 11.8 Å². The number of carbonyl (C=O) groups excluding carboxylic acids is 2. The number of esters is 1. The molecule has 5 nitrogen and oxygen atoms in total. The van der Waals surface area contributed by atoms with Crippen LogP contribution in [0.2, 0.25) is 0 Å². The summed E-state index contributed by atoms with van der Waals surface area (Å²) >= 11 is 0. The molecule has 1 rings (SSSR count). The molecule has 0 aliphatic carbocycles. The highest BCUT2D eigenvalue weighted by molar-refractivity contribution is 5.86. The van der Waals surface area contributed by atoms with Gasteiger partial charge in [0, 0.05) is 6.54 Å². The first kappa shape index (κ1) is 17.0. The lowest BCUT2D eigenvalue weighted by molar-refractivity contribution is -0.150. The van der Waals surface area contributed by atoms with Crippen LogP contribution in [0.5, 0.6) is 0 Å². The SMILES string of the molecule is CCOC(=O)CN(CC(C)C)C(=O)C1NCCCC1C. The Labute approximate surface area is 122 Å². The van der Waals surface area contributed by atoms with Crippen LogP contribution in [0, 0.1) is 11.8 Å². The van der Waals surface area contributed by atoms with Gasteiger partial charge in [0.05, 0.1) is 12.6 Å². The van der Waals surface area contributed by atoms with Gasteiger partial charge in [-0.05, 0) is 38.1 Å². The maximum absolute atomic E-state index is 12.6. The lowest BCUT2D eigenvalue weighted by Crippen LogP contribution is -2.54. The average Bonchev–Trinajstić information content (AvgIpc) is 2.37. The van der Waals surface area contributed by atoms with E-state index < -0.39 is 0 Å². The maximum Gasteiger partial charge on any atom is 0.325 e. The summed E-state index contributed by atoms with van der Waals surface area (Å²) in [6, 6.07) is -0.170. The van der Waals surface area contributed by atoms with E-state index in [0.717, 1.165) is 19.4 Å². The number of rotatable bonds is 6. The van der Waals surface area contributed by atoms with E-state index in [9.17, 15) is 9.59 Å². The summed E-state index contributed by atoms with van der Waals surface area (Å²) < 4.78 is 4.97. The van der Waals surface area contributed by atoms with Crippen LogP contribution in [-0.4, -0.2) is 49.1 Å². The first-order valence-electron chi connectivity index (χ1n) is 7.63. The zero-order valence-electron chi connectivity index (χ0n) is 13.1. The van der Waals surface area contributed by atoms with Gasteiger partial charge in [0.15, 0.2) is 0 Å². The van der Waals surface area contributed by atoms with Crippen molar-refractivity contribution in [3.05, 3.63) is 0 Å². The molecule has 1 amide bonds. The normalized spacial score (nSPS) is 22.6. The predicted octanol–water partition coefficient (Wildman–Crippen LogP) is 1.42. The fraction of sp³-hybridized carbons (Fsp3) is 0.867. The van der Waals surface area contributed by atoms with Gasteiger partial charge in [-0.25, -0.2) is 0 Å². The monoisotopic (exact) mass is 284 g/mol. The van der Waals surface area contributed by atoms with Crippen molar-refractivity contribution in [1.29, 1.82) is 0 Å². The van der Waals surface area contributed by atoms with Crippen LogP contribution in [-0.2, 0) is 14.3 Å². The van der Waals surface area contributed by atoms with Crippen molar-refractivity contribution in [3.63, 3.8) is 0 Å². The van der Waals surface area contributed by atoms with Gasteiger partial charge in [-0.3, -0.25) is 9.59 Å². The molecule has 1 fully saturated rings. The number of carbonyl (C=O) groups is 2. The third-order valence-corrected chi connectivity index (χ3v) is 3.56. The third-order valence-electron chi connectivity index (χ3n) is 3.56. The second-order valence-corrected chi connectivity index (χ2v) is 5.97. The van der Waals surface area contributed by atoms with Crippen LogP contribution in [0.3, 0.4) is 0 Å². The van der Waals surface area contributed by atoms with Gasteiger partial charge in [-0.1, -0.05) is 20.8 Å². The van der Waals surface area contributed by atoms with E-state index in [-0.39, 0.29) is 24.5 Å². The Hall–Kier alpha value is -1.10. The zero-order chi connectivity index (χ0) is 15.1. The van der Waals surface area contributed by atoms with Gasteiger partial charge in [0.25, 0.3) is 0 Å². The second kappa shape index (κ2) is 8.25. The molecule has 0 spiro atoms. The topological polar surface area (TPSA) is 58.6 Å². The second-order valence-electron chi connectivity index (χ2n) is 5.97. The molecule has 0 bridgehead atoms. The molecule has 1 heterocycles. The minimum absolute atomic E-state index is 0.0268. The van der Waals surface area contributed by atoms with E-state index >= 15 is 0 Å². The first-order chi connectivity index (χ1) is 9.45. The van der Waals surface area contributed by atoms with Gasteiger partial charge < -0.3 is 15.0 Å². The first-order valence-corrected chi connectivity index (χ1v) is 7.63. The molecule has 5 heteroatoms. The predicted molar refractivity (Wildman–Crippen MR) is 78.2 cm³/mol. The summed E-state index contributed by atoms with van der Waals surface area (Å²) in [7, 11) is 0. The van der Waals surface area contributed by atoms with Gasteiger partial charge in [-0.15, -0.1) is 0 Å². The molecule has 116 valence electrons. The Morgan fingerprint density at radius 1 is 1.40 bits per heavy atom. The smallest absolute Gasteiger partial charge is 0.325 e. The van der Waals surface area contributed by atoms with E-state index in [4.69, 9.17) is 4.74 Å². The van der Waals surface area contributed by atoms with Crippen molar-refractivity contribution >= 4 is 11.9 Å². The summed E-state index contributed by atoms with van der Waals surface area (Å²) in [6.45, 7) is 9.81. The molecule has 0 aromatic rings. The Kier molecular flexibility index (Phi) is 6.99. The Morgan fingerprint density at radius 3 is 2.65 bits per heavy atom. The number of hydrogen-bond donors (Lipinski definition) is 1. The molecule has 1 N–H and O–H groups in total. The molecule has 2 unspecified atom stereocenters. The average molecular weight is 284 g/mol. The fourth-order valence-electron chi connectivity index (χ4n) is 2.61. The Morgan fingerprint density at radius 2 is 2.10 bits per heavy atom. The van der Waals surface area contributed by atoms with Gasteiger partial charge in [0.2, 0.25) is 5.91 Å². The molecule has 1 aliphatic rings. The van der Waals surface area contributed by atoms with Crippen molar-refractivity contribution in [3.8, 4) is 0 Å². The summed E-state index contributed by atoms with van der Waals surface area (Å²) in [5.41, 5.74) is 0. The van der Waals surface area contributed by atoms with Crippen molar-refractivity contribution < 1.29 is 14.3 Å². The van der Waals surface area contributed by atoms with Gasteiger partial charge >= 0.3 is 5.97 Å². The molecule has 0 radical (unpaired) electrons. The van der Waals surface area contributed by atoms with Gasteiger partial charge in [-0.2, -0.15) is 0 Å². The largest absolute Gasteiger partial charge is 0.465 e. The Bertz CT molecular complexity index is 331. The lowest BCUT2D eigenvalue weighted by Gasteiger charge is -2.34. The van der Waals surface area contributed by atoms with Crippen LogP contribution >= 0.6 is 0 Å². The van der Waals surface area contributed by atoms with E-state index in [2.05, 4.69) is 12.2 Å². The van der Waals surface area contributed by atoms with E-state index in [0.29, 0.717) is 25.0 Å². The molecule has 1 saturated heterocycles. The summed E-state index contributed by atoms with van der Waals surface area (Å²) in [5.74, 6) is 0.337. The molecular weight excluding hydrogens is 256 g/mol. The van der Waals surface area contributed by atoms with Crippen molar-refractivity contribution in [2.45, 2.75) is 46.6 Å². The van der Waals surface area contributed by atoms with Crippen LogP contribution in [0.4, 0.5) is 0 Å². The van der Waals surface area contributed by atoms with Crippen LogP contribution in [0.1, 0.15) is 40.5 Å². The standard InChI is InChI=1S/C15H28N2O3/c1-5-20-13(18)10-17(9-11(2)3)15(19)14-12(4)7-6-8-16-14/h11-12,14,16H,5-10H2,1-4H3. The fourth-order valence-corrected chi connectivity index (χ4v) is 2.61. The van der Waals surface area contributed by atoms with Crippen molar-refractivity contribution in [2.24, 2.45) is 11.8 Å². The molecule has 0 aromatic carbocycles. The number of piperidine rings is 1. The molecule has 2 atom stereocenters. The van der Waals surface area contributed by atoms with Crippen LogP contribution in [0.25, 0.3) is 0 Å². The molecule has 20 heavy (non-hydrogen) atoms. The summed E-state index contributed by atoms with van der Waals surface area (Å²) in [5, 5.41) is 3.28. The number of ether oxygens (including phenoxy) is 1. The third kappa shape index (κ3) is 5.12. The quantitative estimate of drug-likeness (QED) is 0.750. The lowest BCUT2D eigenvalue weighted by atomic mass is 9.91. The van der Waals surface area contributed by atoms with Crippen LogP contribution in [0.15, 0.2) is 0 Å². The maximum atomic E-state index is 12.6. The highest BCUT2D eigenvalue weighted by atomic mass is 16.5. The number of hydrogen-bond acceptors (Lipinski definition) is 4. The van der Waals surface area contributed by atoms with Crippen molar-refractivity contribution in [1.82, 2.24) is 10.2 Å². The number of amides is 1. The minimum Gasteiger partial charge on any atom is -0.465 e. The van der Waals surface area contributed by atoms with Crippen LogP contribution < -0.4 is 5.32 Å². The highest BCUT2D eigenvalue weighted by Crippen LogP contribution is 2.18. The molecular formula is C15H28N2O3. The molecule has 0 aromatic heterocycles. The summed E-state index contributed by atoms with van der Waals surface area (Å²) in [6.07, 6.45) is 2.16. The highest BCUT2D eigenvalue weighted by Gasteiger charge is 2.32. The zero-order valence-corrected chi connectivity index (χ0v) is 13.1. The molecule has 1 aliphatic heterocycles. The molecule has 0 saturated carbocycles.